The Morgan fingerprint density at radius 1 is 0.865 bits per heavy atom. The van der Waals surface area contributed by atoms with Gasteiger partial charge in [-0.15, -0.1) is 0 Å². The Bertz CT molecular complexity index is 1310. The Hall–Kier alpha value is -3.22. The van der Waals surface area contributed by atoms with Gasteiger partial charge in [0, 0.05) is 30.5 Å². The van der Waals surface area contributed by atoms with Gasteiger partial charge in [-0.3, -0.25) is 4.79 Å². The summed E-state index contributed by atoms with van der Waals surface area (Å²) in [6.45, 7) is 1.56. The summed E-state index contributed by atoms with van der Waals surface area (Å²) in [5.41, 5.74) is 4.97. The SMILES string of the molecule is O=C(Nc1ccc(N2CCc3ccccc3C2)c(C(=O)NC2CCCCC2)c1)Nc1cccc(Cl)c1Cl. The van der Waals surface area contributed by atoms with E-state index in [1.165, 1.54) is 17.5 Å². The van der Waals surface area contributed by atoms with Crippen LogP contribution in [0, 0.1) is 0 Å². The van der Waals surface area contributed by atoms with Gasteiger partial charge in [-0.05, 0) is 60.7 Å². The Labute approximate surface area is 227 Å². The number of amides is 3. The van der Waals surface area contributed by atoms with E-state index in [0.29, 0.717) is 22.0 Å². The number of carbonyl (C=O) groups excluding carboxylic acids is 2. The van der Waals surface area contributed by atoms with Crippen LogP contribution in [0.25, 0.3) is 0 Å². The third-order valence-electron chi connectivity index (χ3n) is 7.11. The van der Waals surface area contributed by atoms with Gasteiger partial charge in [0.05, 0.1) is 21.3 Å². The van der Waals surface area contributed by atoms with Crippen LogP contribution >= 0.6 is 23.2 Å². The van der Waals surface area contributed by atoms with Crippen LogP contribution in [-0.4, -0.2) is 24.5 Å². The molecular formula is C29H30Cl2N4O2. The number of benzene rings is 3. The van der Waals surface area contributed by atoms with Crippen molar-refractivity contribution in [3.05, 3.63) is 87.4 Å². The van der Waals surface area contributed by atoms with Crippen molar-refractivity contribution < 1.29 is 9.59 Å². The van der Waals surface area contributed by atoms with Crippen LogP contribution in [0.5, 0.6) is 0 Å². The van der Waals surface area contributed by atoms with Crippen molar-refractivity contribution >= 4 is 52.2 Å². The molecule has 0 spiro atoms. The predicted molar refractivity (Wildman–Crippen MR) is 151 cm³/mol. The summed E-state index contributed by atoms with van der Waals surface area (Å²) in [5, 5.41) is 9.42. The van der Waals surface area contributed by atoms with E-state index in [1.54, 1.807) is 24.3 Å². The molecule has 6 nitrogen and oxygen atoms in total. The van der Waals surface area contributed by atoms with Crippen molar-refractivity contribution in [3.63, 3.8) is 0 Å². The average Bonchev–Trinajstić information content (AvgIpc) is 2.91. The molecule has 1 aliphatic heterocycles. The Balaban J connectivity index is 1.39. The van der Waals surface area contributed by atoms with Crippen LogP contribution in [-0.2, 0) is 13.0 Å². The predicted octanol–water partition coefficient (Wildman–Crippen LogP) is 7.26. The van der Waals surface area contributed by atoms with E-state index >= 15 is 0 Å². The molecule has 3 amide bonds. The first-order chi connectivity index (χ1) is 18.0. The summed E-state index contributed by atoms with van der Waals surface area (Å²) in [7, 11) is 0. The standard InChI is InChI=1S/C29H30Cl2N4O2/c30-24-11-6-12-25(27(24)31)34-29(37)33-22-13-14-26(35-16-15-19-7-4-5-8-20(19)18-35)23(17-22)28(36)32-21-9-2-1-3-10-21/h4-8,11-14,17,21H,1-3,9-10,15-16,18H2,(H,32,36)(H2,33,34,37). The molecule has 1 heterocycles. The van der Waals surface area contributed by atoms with Crippen molar-refractivity contribution in [1.29, 1.82) is 0 Å². The number of fused-ring (bicyclic) bond motifs is 1. The van der Waals surface area contributed by atoms with Crippen LogP contribution in [0.2, 0.25) is 10.0 Å². The molecule has 0 radical (unpaired) electrons. The lowest BCUT2D eigenvalue weighted by Gasteiger charge is -2.32. The van der Waals surface area contributed by atoms with Crippen molar-refractivity contribution in [2.24, 2.45) is 0 Å². The minimum atomic E-state index is -0.470. The van der Waals surface area contributed by atoms with Gasteiger partial charge in [0.15, 0.2) is 0 Å². The first kappa shape index (κ1) is 25.4. The molecule has 0 unspecified atom stereocenters. The molecule has 3 aromatic rings. The normalized spacial score (nSPS) is 15.6. The van der Waals surface area contributed by atoms with Crippen molar-refractivity contribution in [3.8, 4) is 0 Å². The maximum atomic E-state index is 13.5. The lowest BCUT2D eigenvalue weighted by molar-refractivity contribution is 0.0928. The van der Waals surface area contributed by atoms with E-state index in [9.17, 15) is 9.59 Å². The van der Waals surface area contributed by atoms with Crippen LogP contribution < -0.4 is 20.9 Å². The molecule has 2 aliphatic rings. The lowest BCUT2D eigenvalue weighted by Crippen LogP contribution is -2.38. The molecule has 37 heavy (non-hydrogen) atoms. The van der Waals surface area contributed by atoms with Gasteiger partial charge in [0.1, 0.15) is 0 Å². The largest absolute Gasteiger partial charge is 0.366 e. The third-order valence-corrected chi connectivity index (χ3v) is 7.93. The zero-order valence-electron chi connectivity index (χ0n) is 20.5. The number of anilines is 3. The van der Waals surface area contributed by atoms with E-state index < -0.39 is 6.03 Å². The topological polar surface area (TPSA) is 73.5 Å². The molecule has 1 saturated carbocycles. The molecule has 3 aromatic carbocycles. The van der Waals surface area contributed by atoms with Crippen LogP contribution in [0.3, 0.4) is 0 Å². The summed E-state index contributed by atoms with van der Waals surface area (Å²) in [5.74, 6) is -0.109. The molecule has 0 bridgehead atoms. The summed E-state index contributed by atoms with van der Waals surface area (Å²) in [4.78, 5) is 28.5. The van der Waals surface area contributed by atoms with E-state index in [-0.39, 0.29) is 17.0 Å². The van der Waals surface area contributed by atoms with Crippen molar-refractivity contribution in [2.75, 3.05) is 22.1 Å². The first-order valence-electron chi connectivity index (χ1n) is 12.8. The first-order valence-corrected chi connectivity index (χ1v) is 13.5. The molecule has 5 rings (SSSR count). The zero-order chi connectivity index (χ0) is 25.8. The molecule has 1 aliphatic carbocycles. The monoisotopic (exact) mass is 536 g/mol. The van der Waals surface area contributed by atoms with E-state index in [1.807, 2.05) is 12.1 Å². The Kier molecular flexibility index (Phi) is 7.87. The number of urea groups is 1. The lowest BCUT2D eigenvalue weighted by atomic mass is 9.95. The summed E-state index contributed by atoms with van der Waals surface area (Å²) in [6.07, 6.45) is 6.40. The van der Waals surface area contributed by atoms with Crippen molar-refractivity contribution in [1.82, 2.24) is 5.32 Å². The van der Waals surface area contributed by atoms with Gasteiger partial charge in [0.2, 0.25) is 0 Å². The number of carbonyl (C=O) groups is 2. The van der Waals surface area contributed by atoms with Crippen LogP contribution in [0.1, 0.15) is 53.6 Å². The molecule has 0 saturated heterocycles. The van der Waals surface area contributed by atoms with Gasteiger partial charge in [0.25, 0.3) is 5.91 Å². The second-order valence-corrected chi connectivity index (χ2v) is 10.4. The van der Waals surface area contributed by atoms with Crippen LogP contribution in [0.15, 0.2) is 60.7 Å². The number of nitrogens with zero attached hydrogens (tertiary/aromatic N) is 1. The maximum Gasteiger partial charge on any atom is 0.323 e. The summed E-state index contributed by atoms with van der Waals surface area (Å²) < 4.78 is 0. The minimum absolute atomic E-state index is 0.109. The molecule has 0 atom stereocenters. The minimum Gasteiger partial charge on any atom is -0.366 e. The fourth-order valence-electron chi connectivity index (χ4n) is 5.17. The quantitative estimate of drug-likeness (QED) is 0.321. The van der Waals surface area contributed by atoms with E-state index in [4.69, 9.17) is 23.2 Å². The number of halogens is 2. The fraction of sp³-hybridized carbons (Fsp3) is 0.310. The summed E-state index contributed by atoms with van der Waals surface area (Å²) in [6, 6.07) is 18.7. The van der Waals surface area contributed by atoms with Gasteiger partial charge >= 0.3 is 6.03 Å². The highest BCUT2D eigenvalue weighted by molar-refractivity contribution is 6.44. The van der Waals surface area contributed by atoms with E-state index in [0.717, 1.165) is 50.9 Å². The third kappa shape index (κ3) is 6.03. The number of rotatable bonds is 5. The average molecular weight is 537 g/mol. The maximum absolute atomic E-state index is 13.5. The van der Waals surface area contributed by atoms with Gasteiger partial charge in [-0.1, -0.05) is 72.8 Å². The Morgan fingerprint density at radius 2 is 1.65 bits per heavy atom. The second-order valence-electron chi connectivity index (χ2n) is 9.66. The molecule has 3 N–H and O–H groups in total. The molecule has 1 fully saturated rings. The molecular weight excluding hydrogens is 507 g/mol. The summed E-state index contributed by atoms with van der Waals surface area (Å²) >= 11 is 12.3. The zero-order valence-corrected chi connectivity index (χ0v) is 22.0. The molecule has 0 aromatic heterocycles. The number of nitrogens with one attached hydrogen (secondary N) is 3. The molecule has 8 heteroatoms. The highest BCUT2D eigenvalue weighted by Gasteiger charge is 2.24. The number of hydrogen-bond donors (Lipinski definition) is 3. The van der Waals surface area contributed by atoms with Crippen LogP contribution in [0.4, 0.5) is 21.9 Å². The van der Waals surface area contributed by atoms with E-state index in [2.05, 4.69) is 45.1 Å². The van der Waals surface area contributed by atoms with Crippen molar-refractivity contribution in [2.45, 2.75) is 51.1 Å². The van der Waals surface area contributed by atoms with Gasteiger partial charge in [-0.2, -0.15) is 0 Å². The number of hydrogen-bond acceptors (Lipinski definition) is 3. The molecule has 192 valence electrons. The second kappa shape index (κ2) is 11.4. The van der Waals surface area contributed by atoms with Gasteiger partial charge in [-0.25, -0.2) is 4.79 Å². The Morgan fingerprint density at radius 3 is 2.46 bits per heavy atom. The highest BCUT2D eigenvalue weighted by Crippen LogP contribution is 2.32. The highest BCUT2D eigenvalue weighted by atomic mass is 35.5. The smallest absolute Gasteiger partial charge is 0.323 e. The van der Waals surface area contributed by atoms with Gasteiger partial charge < -0.3 is 20.9 Å². The fourth-order valence-corrected chi connectivity index (χ4v) is 5.52.